The van der Waals surface area contributed by atoms with E-state index in [1.54, 1.807) is 0 Å². The average Bonchev–Trinajstić information content (AvgIpc) is 3.22. The van der Waals surface area contributed by atoms with Crippen LogP contribution in [0.1, 0.15) is 142 Å². The number of carbonyl (C=O) groups excluding carboxylic acids is 2. The minimum absolute atomic E-state index is 0.0248. The zero-order valence-corrected chi connectivity index (χ0v) is 38.8. The van der Waals surface area contributed by atoms with Gasteiger partial charge in [0, 0.05) is 19.3 Å². The maximum Gasteiger partial charge on any atom is 0.362 e. The Bertz CT molecular complexity index is 1400. The van der Waals surface area contributed by atoms with Crippen molar-refractivity contribution < 1.29 is 38.2 Å². The average molecular weight is 847 g/mol. The van der Waals surface area contributed by atoms with E-state index in [-0.39, 0.29) is 49.1 Å². The fourth-order valence-electron chi connectivity index (χ4n) is 5.85. The molecular weight excluding hydrogens is 763 g/mol. The first kappa shape index (κ1) is 56.7. The van der Waals surface area contributed by atoms with Crippen LogP contribution in [0.5, 0.6) is 0 Å². The van der Waals surface area contributed by atoms with E-state index in [1.165, 1.54) is 0 Å². The monoisotopic (exact) mass is 847 g/mol. The van der Waals surface area contributed by atoms with E-state index in [9.17, 15) is 19.5 Å². The fourth-order valence-corrected chi connectivity index (χ4v) is 5.85. The van der Waals surface area contributed by atoms with E-state index in [0.717, 1.165) is 96.3 Å². The summed E-state index contributed by atoms with van der Waals surface area (Å²) in [7, 11) is 5.49. The van der Waals surface area contributed by atoms with Crippen molar-refractivity contribution in [3.8, 4) is 0 Å². The lowest BCUT2D eigenvalue weighted by molar-refractivity contribution is -0.887. The second kappa shape index (κ2) is 42.4. The highest BCUT2D eigenvalue weighted by molar-refractivity contribution is 5.72. The molecule has 1 N–H and O–H groups in total. The van der Waals surface area contributed by atoms with Crippen molar-refractivity contribution >= 4 is 17.9 Å². The Morgan fingerprint density at radius 1 is 0.492 bits per heavy atom. The lowest BCUT2D eigenvalue weighted by atomic mass is 10.1. The maximum absolute atomic E-state index is 12.7. The van der Waals surface area contributed by atoms with Crippen molar-refractivity contribution in [1.82, 2.24) is 0 Å². The van der Waals surface area contributed by atoms with Crippen LogP contribution in [0.25, 0.3) is 0 Å². The highest BCUT2D eigenvalue weighted by atomic mass is 16.6. The summed E-state index contributed by atoms with van der Waals surface area (Å²) in [4.78, 5) is 37.0. The van der Waals surface area contributed by atoms with Gasteiger partial charge in [0.25, 0.3) is 0 Å². The quantitative estimate of drug-likeness (QED) is 0.0285. The van der Waals surface area contributed by atoms with Gasteiger partial charge in [0.05, 0.1) is 34.4 Å². The van der Waals surface area contributed by atoms with Crippen LogP contribution in [-0.2, 0) is 28.6 Å². The Kier molecular flexibility index (Phi) is 39.5. The molecule has 0 bridgehead atoms. The number of carbonyl (C=O) groups is 3. The van der Waals surface area contributed by atoms with E-state index in [0.29, 0.717) is 19.3 Å². The number of likely N-dealkylation sites (N-methyl/N-ethyl adjacent to an activating group) is 1. The molecule has 8 nitrogen and oxygen atoms in total. The Hall–Kier alpha value is -4.27. The molecule has 2 atom stereocenters. The first-order valence-electron chi connectivity index (χ1n) is 23.1. The van der Waals surface area contributed by atoms with Crippen molar-refractivity contribution in [3.63, 3.8) is 0 Å². The predicted octanol–water partition coefficient (Wildman–Crippen LogP) is 13.0. The molecule has 0 saturated heterocycles. The molecule has 2 unspecified atom stereocenters. The largest absolute Gasteiger partial charge is 0.477 e. The van der Waals surface area contributed by atoms with Gasteiger partial charge in [-0.15, -0.1) is 0 Å². The number of carboxylic acid groups (broad SMARTS) is 1. The third-order valence-corrected chi connectivity index (χ3v) is 9.36. The van der Waals surface area contributed by atoms with Gasteiger partial charge in [-0.25, -0.2) is 4.79 Å². The molecule has 0 spiro atoms. The number of hydrogen-bond donors (Lipinski definition) is 1. The minimum Gasteiger partial charge on any atom is -0.477 e. The summed E-state index contributed by atoms with van der Waals surface area (Å²) >= 11 is 0. The Balaban J connectivity index is 4.48. The SMILES string of the molecule is CC/C=C/C/C=C/C/C=C/C/C=C/C/C=C/C/C=C/CCCCC(=O)OCC(COCCC(C(=O)O)[N+](C)(C)C)OC(=O)CCCCC/C=C/C/C=C/C/C=C/C/C=C/CC. The fraction of sp³-hybridized carbons (Fsp3) is 0.566. The molecule has 0 aromatic heterocycles. The van der Waals surface area contributed by atoms with Crippen LogP contribution in [0.3, 0.4) is 0 Å². The summed E-state index contributed by atoms with van der Waals surface area (Å²) in [6.45, 7) is 4.40. The summed E-state index contributed by atoms with van der Waals surface area (Å²) in [5, 5.41) is 9.63. The van der Waals surface area contributed by atoms with Crippen LogP contribution >= 0.6 is 0 Å². The molecule has 0 aliphatic rings. The van der Waals surface area contributed by atoms with Gasteiger partial charge in [-0.3, -0.25) is 9.59 Å². The van der Waals surface area contributed by atoms with Crippen LogP contribution in [0.4, 0.5) is 0 Å². The van der Waals surface area contributed by atoms with Gasteiger partial charge in [-0.1, -0.05) is 142 Å². The summed E-state index contributed by atoms with van der Waals surface area (Å²) in [5.41, 5.74) is 0. The topological polar surface area (TPSA) is 99.1 Å². The first-order valence-corrected chi connectivity index (χ1v) is 23.1. The van der Waals surface area contributed by atoms with E-state index < -0.39 is 18.1 Å². The molecule has 0 radical (unpaired) electrons. The number of unbranched alkanes of at least 4 members (excludes halogenated alkanes) is 5. The molecule has 0 aromatic rings. The Labute approximate surface area is 371 Å². The number of quaternary nitrogens is 1. The van der Waals surface area contributed by atoms with Gasteiger partial charge in [0.15, 0.2) is 12.1 Å². The molecule has 0 aliphatic heterocycles. The van der Waals surface area contributed by atoms with Gasteiger partial charge in [-0.2, -0.15) is 0 Å². The summed E-state index contributed by atoms with van der Waals surface area (Å²) in [6, 6.07) is -0.636. The van der Waals surface area contributed by atoms with Crippen LogP contribution in [0.15, 0.2) is 122 Å². The molecule has 0 heterocycles. The highest BCUT2D eigenvalue weighted by Gasteiger charge is 2.31. The second-order valence-electron chi connectivity index (χ2n) is 15.9. The minimum atomic E-state index is -0.893. The summed E-state index contributed by atoms with van der Waals surface area (Å²) in [6.07, 6.45) is 59.6. The highest BCUT2D eigenvalue weighted by Crippen LogP contribution is 2.11. The molecule has 61 heavy (non-hydrogen) atoms. The number of allylic oxidation sites excluding steroid dienone is 20. The number of aliphatic carboxylic acids is 1. The predicted molar refractivity (Wildman–Crippen MR) is 256 cm³/mol. The first-order chi connectivity index (χ1) is 29.6. The van der Waals surface area contributed by atoms with Crippen LogP contribution < -0.4 is 0 Å². The van der Waals surface area contributed by atoms with E-state index >= 15 is 0 Å². The Morgan fingerprint density at radius 2 is 0.869 bits per heavy atom. The van der Waals surface area contributed by atoms with Crippen LogP contribution in [0, 0.1) is 0 Å². The van der Waals surface area contributed by atoms with Crippen LogP contribution in [0.2, 0.25) is 0 Å². The molecule has 0 aromatic carbocycles. The van der Waals surface area contributed by atoms with Crippen LogP contribution in [-0.4, -0.2) is 80.6 Å². The molecule has 0 fully saturated rings. The van der Waals surface area contributed by atoms with Gasteiger partial charge >= 0.3 is 17.9 Å². The van der Waals surface area contributed by atoms with Gasteiger partial charge in [0.2, 0.25) is 0 Å². The van der Waals surface area contributed by atoms with Crippen molar-refractivity contribution in [2.24, 2.45) is 0 Å². The number of esters is 2. The van der Waals surface area contributed by atoms with Gasteiger partial charge < -0.3 is 23.8 Å². The van der Waals surface area contributed by atoms with E-state index in [1.807, 2.05) is 21.1 Å². The van der Waals surface area contributed by atoms with Gasteiger partial charge in [0.1, 0.15) is 6.61 Å². The molecule has 342 valence electrons. The third kappa shape index (κ3) is 40.9. The zero-order chi connectivity index (χ0) is 44.9. The number of carboxylic acids is 1. The second-order valence-corrected chi connectivity index (χ2v) is 15.9. The van der Waals surface area contributed by atoms with Gasteiger partial charge in [-0.05, 0) is 103 Å². The zero-order valence-electron chi connectivity index (χ0n) is 38.8. The number of ether oxygens (including phenoxy) is 3. The molecule has 0 rings (SSSR count). The van der Waals surface area contributed by atoms with Crippen molar-refractivity contribution in [1.29, 1.82) is 0 Å². The lowest BCUT2D eigenvalue weighted by Gasteiger charge is -2.31. The standard InChI is InChI=1S/C53H83NO7/c1-6-8-10-12-14-16-18-20-22-24-25-26-27-28-30-31-33-35-37-39-41-43-51(55)60-48-49(47-59-46-45-50(53(57)58)54(3,4)5)61-52(56)44-42-40-38-36-34-32-29-23-21-19-17-15-13-11-9-7-2/h8-11,14-17,20-23,25-26,28,30,32-35,49-50H,6-7,12-13,18-19,24,27,29,31,36-48H2,1-5H3/p+1/b10-8+,11-9+,16-14+,17-15+,22-20+,23-21+,26-25+,30-28+,34-32+,35-33+. The molecular formula is C53H84NO7+. The smallest absolute Gasteiger partial charge is 0.362 e. The molecule has 0 amide bonds. The van der Waals surface area contributed by atoms with Crippen molar-refractivity contribution in [2.75, 3.05) is 41.0 Å². The number of hydrogen-bond acceptors (Lipinski definition) is 6. The van der Waals surface area contributed by atoms with Crippen molar-refractivity contribution in [3.05, 3.63) is 122 Å². The number of rotatable bonds is 39. The third-order valence-electron chi connectivity index (χ3n) is 9.36. The van der Waals surface area contributed by atoms with E-state index in [4.69, 9.17) is 14.2 Å². The molecule has 0 saturated carbocycles. The number of nitrogens with zero attached hydrogens (tertiary/aromatic N) is 1. The van der Waals surface area contributed by atoms with E-state index in [2.05, 4.69) is 135 Å². The van der Waals surface area contributed by atoms with Crippen molar-refractivity contribution in [2.45, 2.75) is 154 Å². The lowest BCUT2D eigenvalue weighted by Crippen LogP contribution is -2.50. The Morgan fingerprint density at radius 3 is 1.28 bits per heavy atom. The summed E-state index contributed by atoms with van der Waals surface area (Å²) < 4.78 is 17.2. The maximum atomic E-state index is 12.7. The molecule has 8 heteroatoms. The molecule has 0 aliphatic carbocycles. The summed E-state index contributed by atoms with van der Waals surface area (Å²) in [5.74, 6) is -1.58. The normalized spacial score (nSPS) is 14.0.